The minimum atomic E-state index is 0.0319. The lowest BCUT2D eigenvalue weighted by atomic mass is 10.1. The SMILES string of the molecule is Cc1coc(SCc2ccc(/C(N)=N/O)cc2Cl)n1. The van der Waals surface area contributed by atoms with Gasteiger partial charge < -0.3 is 15.4 Å². The average Bonchev–Trinajstić information content (AvgIpc) is 2.82. The number of thioether (sulfide) groups is 1. The van der Waals surface area contributed by atoms with Crippen LogP contribution in [-0.4, -0.2) is 16.0 Å². The largest absolute Gasteiger partial charge is 0.440 e. The van der Waals surface area contributed by atoms with Crippen LogP contribution < -0.4 is 5.73 Å². The summed E-state index contributed by atoms with van der Waals surface area (Å²) in [4.78, 5) is 4.20. The summed E-state index contributed by atoms with van der Waals surface area (Å²) in [6.07, 6.45) is 1.60. The zero-order valence-electron chi connectivity index (χ0n) is 10.1. The van der Waals surface area contributed by atoms with Gasteiger partial charge in [0.1, 0.15) is 6.26 Å². The van der Waals surface area contributed by atoms with Gasteiger partial charge in [0, 0.05) is 16.3 Å². The molecule has 1 heterocycles. The number of nitrogens with zero attached hydrogens (tertiary/aromatic N) is 2. The fourth-order valence-electron chi connectivity index (χ4n) is 1.42. The second kappa shape index (κ2) is 5.99. The van der Waals surface area contributed by atoms with Crippen LogP contribution >= 0.6 is 23.4 Å². The van der Waals surface area contributed by atoms with E-state index in [-0.39, 0.29) is 5.84 Å². The van der Waals surface area contributed by atoms with Crippen LogP contribution in [-0.2, 0) is 5.75 Å². The van der Waals surface area contributed by atoms with Crippen molar-refractivity contribution in [1.29, 1.82) is 0 Å². The van der Waals surface area contributed by atoms with Crippen molar-refractivity contribution in [2.45, 2.75) is 17.9 Å². The first-order chi connectivity index (χ1) is 9.10. The highest BCUT2D eigenvalue weighted by Crippen LogP contribution is 2.26. The molecular formula is C12H12ClN3O2S. The molecule has 7 heteroatoms. The number of benzene rings is 1. The van der Waals surface area contributed by atoms with Crippen LogP contribution in [0.15, 0.2) is 39.3 Å². The lowest BCUT2D eigenvalue weighted by Crippen LogP contribution is -2.12. The third kappa shape index (κ3) is 3.42. The molecule has 2 rings (SSSR count). The Morgan fingerprint density at radius 1 is 1.58 bits per heavy atom. The highest BCUT2D eigenvalue weighted by atomic mass is 35.5. The monoisotopic (exact) mass is 297 g/mol. The molecule has 0 bridgehead atoms. The van der Waals surface area contributed by atoms with Gasteiger partial charge in [-0.2, -0.15) is 0 Å². The summed E-state index contributed by atoms with van der Waals surface area (Å²) in [6, 6.07) is 5.24. The zero-order chi connectivity index (χ0) is 13.8. The number of hydrogen-bond acceptors (Lipinski definition) is 5. The van der Waals surface area contributed by atoms with Gasteiger partial charge in [0.05, 0.1) is 5.69 Å². The van der Waals surface area contributed by atoms with Crippen LogP contribution in [0.1, 0.15) is 16.8 Å². The average molecular weight is 298 g/mol. The molecule has 100 valence electrons. The second-order valence-electron chi connectivity index (χ2n) is 3.83. The van der Waals surface area contributed by atoms with Crippen LogP contribution in [0.5, 0.6) is 0 Å². The van der Waals surface area contributed by atoms with Crippen molar-refractivity contribution < 1.29 is 9.62 Å². The highest BCUT2D eigenvalue weighted by molar-refractivity contribution is 7.98. The van der Waals surface area contributed by atoms with E-state index in [4.69, 9.17) is 27.0 Å². The molecule has 3 N–H and O–H groups in total. The van der Waals surface area contributed by atoms with Gasteiger partial charge in [-0.1, -0.05) is 40.7 Å². The van der Waals surface area contributed by atoms with Gasteiger partial charge >= 0.3 is 0 Å². The first-order valence-corrected chi connectivity index (χ1v) is 6.77. The molecule has 0 saturated heterocycles. The Hall–Kier alpha value is -1.66. The molecule has 0 saturated carbocycles. The lowest BCUT2D eigenvalue weighted by molar-refractivity contribution is 0.318. The maximum Gasteiger partial charge on any atom is 0.256 e. The van der Waals surface area contributed by atoms with Crippen LogP contribution in [0.2, 0.25) is 5.02 Å². The molecule has 0 aliphatic carbocycles. The van der Waals surface area contributed by atoms with Gasteiger partial charge in [0.25, 0.3) is 5.22 Å². The molecule has 0 atom stereocenters. The Bertz CT molecular complexity index is 613. The molecule has 5 nitrogen and oxygen atoms in total. The van der Waals surface area contributed by atoms with E-state index < -0.39 is 0 Å². The summed E-state index contributed by atoms with van der Waals surface area (Å²) in [5.74, 6) is 0.666. The van der Waals surface area contributed by atoms with E-state index in [9.17, 15) is 0 Å². The van der Waals surface area contributed by atoms with Gasteiger partial charge in [0.2, 0.25) is 0 Å². The standard InChI is InChI=1S/C12H12ClN3O2S/c1-7-5-18-12(15-7)19-6-9-3-2-8(4-10(9)13)11(14)16-17/h2-5,17H,6H2,1H3,(H2,14,16). The number of rotatable bonds is 4. The molecule has 0 unspecified atom stereocenters. The third-order valence-corrected chi connectivity index (χ3v) is 3.65. The molecule has 0 radical (unpaired) electrons. The van der Waals surface area contributed by atoms with E-state index >= 15 is 0 Å². The number of aryl methyl sites for hydroxylation is 1. The third-order valence-electron chi connectivity index (χ3n) is 2.41. The Morgan fingerprint density at radius 2 is 2.37 bits per heavy atom. The molecule has 0 spiro atoms. The van der Waals surface area contributed by atoms with Gasteiger partial charge in [0.15, 0.2) is 5.84 Å². The predicted molar refractivity (Wildman–Crippen MR) is 74.8 cm³/mol. The maximum atomic E-state index is 8.60. The van der Waals surface area contributed by atoms with Crippen molar-refractivity contribution in [2.24, 2.45) is 10.9 Å². The minimum absolute atomic E-state index is 0.0319. The number of amidine groups is 1. The number of oxime groups is 1. The minimum Gasteiger partial charge on any atom is -0.440 e. The Morgan fingerprint density at radius 3 is 2.95 bits per heavy atom. The number of nitrogens with two attached hydrogens (primary N) is 1. The fourth-order valence-corrected chi connectivity index (χ4v) is 2.60. The van der Waals surface area contributed by atoms with Gasteiger partial charge in [-0.25, -0.2) is 4.98 Å². The smallest absolute Gasteiger partial charge is 0.256 e. The molecule has 19 heavy (non-hydrogen) atoms. The van der Waals surface area contributed by atoms with Crippen molar-refractivity contribution in [1.82, 2.24) is 4.98 Å². The fraction of sp³-hybridized carbons (Fsp3) is 0.167. The van der Waals surface area contributed by atoms with Crippen molar-refractivity contribution in [2.75, 3.05) is 0 Å². The van der Waals surface area contributed by atoms with Gasteiger partial charge in [-0.15, -0.1) is 0 Å². The molecule has 1 aromatic heterocycles. The first kappa shape index (κ1) is 13.8. The Labute approximate surface area is 119 Å². The van der Waals surface area contributed by atoms with Crippen LogP contribution in [0.3, 0.4) is 0 Å². The van der Waals surface area contributed by atoms with Gasteiger partial charge in [-0.05, 0) is 18.6 Å². The lowest BCUT2D eigenvalue weighted by Gasteiger charge is -2.05. The summed E-state index contributed by atoms with van der Waals surface area (Å²) in [5.41, 5.74) is 7.84. The second-order valence-corrected chi connectivity index (χ2v) is 5.17. The van der Waals surface area contributed by atoms with E-state index in [1.54, 1.807) is 18.4 Å². The summed E-state index contributed by atoms with van der Waals surface area (Å²) in [5, 5.41) is 12.7. The molecule has 1 aromatic carbocycles. The summed E-state index contributed by atoms with van der Waals surface area (Å²) in [7, 11) is 0. The summed E-state index contributed by atoms with van der Waals surface area (Å²) >= 11 is 7.60. The number of hydrogen-bond donors (Lipinski definition) is 2. The number of aromatic nitrogens is 1. The highest BCUT2D eigenvalue weighted by Gasteiger charge is 2.08. The quantitative estimate of drug-likeness (QED) is 0.298. The van der Waals surface area contributed by atoms with Crippen molar-refractivity contribution in [3.8, 4) is 0 Å². The Balaban J connectivity index is 2.09. The molecule has 0 aliphatic rings. The van der Waals surface area contributed by atoms with E-state index in [0.29, 0.717) is 21.6 Å². The zero-order valence-corrected chi connectivity index (χ0v) is 11.7. The number of halogens is 1. The Kier molecular flexibility index (Phi) is 4.34. The van der Waals surface area contributed by atoms with Crippen molar-refractivity contribution >= 4 is 29.2 Å². The topological polar surface area (TPSA) is 84.6 Å². The van der Waals surface area contributed by atoms with Crippen molar-refractivity contribution in [3.05, 3.63) is 46.3 Å². The molecular weight excluding hydrogens is 286 g/mol. The van der Waals surface area contributed by atoms with Crippen LogP contribution in [0.25, 0.3) is 0 Å². The van der Waals surface area contributed by atoms with E-state index in [1.807, 2.05) is 13.0 Å². The normalized spacial score (nSPS) is 11.8. The maximum absolute atomic E-state index is 8.60. The van der Waals surface area contributed by atoms with E-state index in [1.165, 1.54) is 11.8 Å². The predicted octanol–water partition coefficient (Wildman–Crippen LogP) is 3.02. The van der Waals surface area contributed by atoms with Crippen LogP contribution in [0.4, 0.5) is 0 Å². The van der Waals surface area contributed by atoms with E-state index in [2.05, 4.69) is 10.1 Å². The van der Waals surface area contributed by atoms with E-state index in [0.717, 1.165) is 11.3 Å². The summed E-state index contributed by atoms with van der Waals surface area (Å²) < 4.78 is 5.24. The summed E-state index contributed by atoms with van der Waals surface area (Å²) in [6.45, 7) is 1.87. The molecule has 0 fully saturated rings. The number of oxazole rings is 1. The van der Waals surface area contributed by atoms with Gasteiger partial charge in [-0.3, -0.25) is 0 Å². The first-order valence-electron chi connectivity index (χ1n) is 5.41. The van der Waals surface area contributed by atoms with Crippen LogP contribution in [0, 0.1) is 6.92 Å². The molecule has 0 amide bonds. The molecule has 2 aromatic rings. The molecule has 0 aliphatic heterocycles. The van der Waals surface area contributed by atoms with Crippen molar-refractivity contribution in [3.63, 3.8) is 0 Å².